The van der Waals surface area contributed by atoms with Crippen molar-refractivity contribution in [2.75, 3.05) is 13.2 Å². The first-order chi connectivity index (χ1) is 8.72. The Morgan fingerprint density at radius 1 is 1.22 bits per heavy atom. The number of amides is 1. The van der Waals surface area contributed by atoms with E-state index >= 15 is 0 Å². The first kappa shape index (κ1) is 13.8. The van der Waals surface area contributed by atoms with Crippen LogP contribution < -0.4 is 5.32 Å². The highest BCUT2D eigenvalue weighted by Crippen LogP contribution is 2.00. The SMILES string of the molecule is C=CCOC(=O)CNC(=O)OCc1ccccc1. The number of esters is 1. The summed E-state index contributed by atoms with van der Waals surface area (Å²) in [7, 11) is 0. The highest BCUT2D eigenvalue weighted by Gasteiger charge is 2.06. The Morgan fingerprint density at radius 2 is 1.94 bits per heavy atom. The van der Waals surface area contributed by atoms with E-state index in [0.29, 0.717) is 0 Å². The molecule has 0 aliphatic rings. The van der Waals surface area contributed by atoms with Gasteiger partial charge in [0.2, 0.25) is 0 Å². The number of carbonyl (C=O) groups excluding carboxylic acids is 2. The number of benzene rings is 1. The van der Waals surface area contributed by atoms with Crippen LogP contribution in [0.4, 0.5) is 4.79 Å². The molecule has 0 atom stereocenters. The fourth-order valence-corrected chi connectivity index (χ4v) is 1.12. The third-order valence-corrected chi connectivity index (χ3v) is 1.95. The molecule has 1 aromatic rings. The largest absolute Gasteiger partial charge is 0.460 e. The summed E-state index contributed by atoms with van der Waals surface area (Å²) in [5.41, 5.74) is 0.877. The molecule has 0 saturated carbocycles. The van der Waals surface area contributed by atoms with Gasteiger partial charge in [0.05, 0.1) is 0 Å². The molecule has 5 heteroatoms. The van der Waals surface area contributed by atoms with Gasteiger partial charge in [-0.25, -0.2) is 4.79 Å². The van der Waals surface area contributed by atoms with E-state index in [1.54, 1.807) is 0 Å². The minimum atomic E-state index is -0.658. The lowest BCUT2D eigenvalue weighted by Crippen LogP contribution is -2.31. The fourth-order valence-electron chi connectivity index (χ4n) is 1.12. The van der Waals surface area contributed by atoms with E-state index in [4.69, 9.17) is 4.74 Å². The molecule has 5 nitrogen and oxygen atoms in total. The molecule has 1 aromatic carbocycles. The Bertz CT molecular complexity index is 403. The van der Waals surface area contributed by atoms with Crippen LogP contribution in [0.1, 0.15) is 5.56 Å². The van der Waals surface area contributed by atoms with Gasteiger partial charge in [-0.1, -0.05) is 43.0 Å². The van der Waals surface area contributed by atoms with Gasteiger partial charge in [0.1, 0.15) is 19.8 Å². The van der Waals surface area contributed by atoms with Gasteiger partial charge in [-0.15, -0.1) is 0 Å². The summed E-state index contributed by atoms with van der Waals surface area (Å²) in [6.07, 6.45) is 0.792. The summed E-state index contributed by atoms with van der Waals surface area (Å²) >= 11 is 0. The predicted octanol–water partition coefficient (Wildman–Crippen LogP) is 1.64. The second kappa shape index (κ2) is 7.89. The first-order valence-electron chi connectivity index (χ1n) is 5.43. The number of carbonyl (C=O) groups is 2. The van der Waals surface area contributed by atoms with E-state index in [2.05, 4.69) is 16.6 Å². The van der Waals surface area contributed by atoms with E-state index in [1.165, 1.54) is 6.08 Å². The van der Waals surface area contributed by atoms with E-state index in [1.807, 2.05) is 30.3 Å². The molecule has 0 radical (unpaired) electrons. The van der Waals surface area contributed by atoms with Crippen LogP contribution in [-0.4, -0.2) is 25.2 Å². The third kappa shape index (κ3) is 5.69. The van der Waals surface area contributed by atoms with Crippen molar-refractivity contribution in [1.82, 2.24) is 5.32 Å². The summed E-state index contributed by atoms with van der Waals surface area (Å²) in [5.74, 6) is -0.536. The third-order valence-electron chi connectivity index (χ3n) is 1.95. The average Bonchev–Trinajstić information content (AvgIpc) is 2.41. The highest BCUT2D eigenvalue weighted by atomic mass is 16.6. The van der Waals surface area contributed by atoms with Gasteiger partial charge in [-0.3, -0.25) is 4.79 Å². The maximum atomic E-state index is 11.2. The molecule has 0 unspecified atom stereocenters. The number of nitrogens with one attached hydrogen (secondary N) is 1. The van der Waals surface area contributed by atoms with Gasteiger partial charge >= 0.3 is 12.1 Å². The van der Waals surface area contributed by atoms with Gasteiger partial charge in [0.25, 0.3) is 0 Å². The lowest BCUT2D eigenvalue weighted by molar-refractivity contribution is -0.141. The molecule has 0 spiro atoms. The molecule has 0 bridgehead atoms. The zero-order chi connectivity index (χ0) is 13.2. The number of ether oxygens (including phenoxy) is 2. The summed E-state index contributed by atoms with van der Waals surface area (Å²) in [5, 5.41) is 2.29. The normalized spacial score (nSPS) is 9.33. The first-order valence-corrected chi connectivity index (χ1v) is 5.43. The van der Waals surface area contributed by atoms with E-state index < -0.39 is 12.1 Å². The van der Waals surface area contributed by atoms with Crippen molar-refractivity contribution in [3.63, 3.8) is 0 Å². The Kier molecular flexibility index (Phi) is 6.03. The van der Waals surface area contributed by atoms with Gasteiger partial charge in [-0.05, 0) is 5.56 Å². The van der Waals surface area contributed by atoms with E-state index in [9.17, 15) is 9.59 Å². The van der Waals surface area contributed by atoms with Gasteiger partial charge < -0.3 is 14.8 Å². The Hall–Kier alpha value is -2.30. The van der Waals surface area contributed by atoms with Gasteiger partial charge in [-0.2, -0.15) is 0 Å². The van der Waals surface area contributed by atoms with Crippen LogP contribution in [0.15, 0.2) is 43.0 Å². The lowest BCUT2D eigenvalue weighted by Gasteiger charge is -2.06. The molecule has 1 rings (SSSR count). The van der Waals surface area contributed by atoms with Gasteiger partial charge in [0.15, 0.2) is 0 Å². The molecule has 0 aliphatic heterocycles. The van der Waals surface area contributed by atoms with E-state index in [0.717, 1.165) is 5.56 Å². The maximum Gasteiger partial charge on any atom is 0.407 e. The van der Waals surface area contributed by atoms with Crippen LogP contribution in [0.5, 0.6) is 0 Å². The second-order valence-electron chi connectivity index (χ2n) is 3.39. The summed E-state index contributed by atoms with van der Waals surface area (Å²) in [4.78, 5) is 22.3. The maximum absolute atomic E-state index is 11.2. The van der Waals surface area contributed by atoms with Crippen molar-refractivity contribution in [1.29, 1.82) is 0 Å². The molecule has 18 heavy (non-hydrogen) atoms. The van der Waals surface area contributed by atoms with Crippen LogP contribution in [0.25, 0.3) is 0 Å². The molecule has 0 aromatic heterocycles. The Balaban J connectivity index is 2.18. The number of hydrogen-bond acceptors (Lipinski definition) is 4. The zero-order valence-electron chi connectivity index (χ0n) is 9.93. The molecule has 96 valence electrons. The molecule has 0 aliphatic carbocycles. The van der Waals surface area contributed by atoms with Crippen molar-refractivity contribution in [2.24, 2.45) is 0 Å². The monoisotopic (exact) mass is 249 g/mol. The van der Waals surface area contributed by atoms with Crippen molar-refractivity contribution >= 4 is 12.1 Å². The number of alkyl carbamates (subject to hydrolysis) is 1. The minimum absolute atomic E-state index is 0.125. The quantitative estimate of drug-likeness (QED) is 0.615. The number of rotatable bonds is 6. The topological polar surface area (TPSA) is 64.6 Å². The summed E-state index contributed by atoms with van der Waals surface area (Å²) in [6, 6.07) is 9.25. The van der Waals surface area contributed by atoms with Crippen molar-refractivity contribution in [2.45, 2.75) is 6.61 Å². The van der Waals surface area contributed by atoms with Crippen LogP contribution in [0, 0.1) is 0 Å². The predicted molar refractivity (Wildman–Crippen MR) is 65.8 cm³/mol. The van der Waals surface area contributed by atoms with Crippen LogP contribution in [0.3, 0.4) is 0 Å². The van der Waals surface area contributed by atoms with Gasteiger partial charge in [0, 0.05) is 0 Å². The molecule has 0 saturated heterocycles. The Labute approximate surface area is 105 Å². The van der Waals surface area contributed by atoms with Crippen LogP contribution in [0.2, 0.25) is 0 Å². The molecular weight excluding hydrogens is 234 g/mol. The molecule has 0 fully saturated rings. The smallest absolute Gasteiger partial charge is 0.407 e. The number of hydrogen-bond donors (Lipinski definition) is 1. The molecule has 0 heterocycles. The zero-order valence-corrected chi connectivity index (χ0v) is 9.93. The molecule has 1 amide bonds. The highest BCUT2D eigenvalue weighted by molar-refractivity contribution is 5.77. The summed E-state index contributed by atoms with van der Waals surface area (Å²) in [6.45, 7) is 3.47. The van der Waals surface area contributed by atoms with Crippen LogP contribution >= 0.6 is 0 Å². The second-order valence-corrected chi connectivity index (χ2v) is 3.39. The fraction of sp³-hybridized carbons (Fsp3) is 0.231. The standard InChI is InChI=1S/C13H15NO4/c1-2-8-17-12(15)9-14-13(16)18-10-11-6-4-3-5-7-11/h2-7H,1,8-10H2,(H,14,16). The van der Waals surface area contributed by atoms with Crippen molar-refractivity contribution in [3.8, 4) is 0 Å². The molecular formula is C13H15NO4. The summed E-state index contributed by atoms with van der Waals surface area (Å²) < 4.78 is 9.58. The average molecular weight is 249 g/mol. The van der Waals surface area contributed by atoms with Crippen LogP contribution in [-0.2, 0) is 20.9 Å². The Morgan fingerprint density at radius 3 is 2.61 bits per heavy atom. The lowest BCUT2D eigenvalue weighted by atomic mass is 10.2. The van der Waals surface area contributed by atoms with Crippen molar-refractivity contribution in [3.05, 3.63) is 48.6 Å². The van der Waals surface area contributed by atoms with E-state index in [-0.39, 0.29) is 19.8 Å². The molecule has 1 N–H and O–H groups in total. The minimum Gasteiger partial charge on any atom is -0.460 e. The van der Waals surface area contributed by atoms with Crippen molar-refractivity contribution < 1.29 is 19.1 Å².